The highest BCUT2D eigenvalue weighted by Crippen LogP contribution is 2.46. The van der Waals surface area contributed by atoms with Gasteiger partial charge in [0.05, 0.1) is 48.6 Å². The van der Waals surface area contributed by atoms with Gasteiger partial charge in [-0.15, -0.1) is 11.3 Å². The van der Waals surface area contributed by atoms with Crippen molar-refractivity contribution in [2.45, 2.75) is 65.0 Å². The average molecular weight is 650 g/mol. The van der Waals surface area contributed by atoms with Crippen LogP contribution in [0.3, 0.4) is 0 Å². The smallest absolute Gasteiger partial charge is 0.412 e. The Labute approximate surface area is 268 Å². The maximum absolute atomic E-state index is 16.9. The number of anilines is 2. The van der Waals surface area contributed by atoms with Gasteiger partial charge in [-0.05, 0) is 45.2 Å². The van der Waals surface area contributed by atoms with E-state index in [2.05, 4.69) is 38.1 Å². The number of nitrogens with one attached hydrogen (secondary N) is 1. The first-order valence-electron chi connectivity index (χ1n) is 15.2. The fourth-order valence-corrected chi connectivity index (χ4v) is 7.78. The molecule has 0 radical (unpaired) electrons. The Hall–Kier alpha value is -4.03. The zero-order valence-electron chi connectivity index (χ0n) is 25.9. The van der Waals surface area contributed by atoms with Crippen molar-refractivity contribution in [3.63, 3.8) is 0 Å². The molecule has 1 N–H and O–H groups in total. The summed E-state index contributed by atoms with van der Waals surface area (Å²) in [4.78, 5) is 30.9. The number of carbonyl (C=O) groups excluding carboxylic acids is 1. The molecule has 0 bridgehead atoms. The standard InChI is InChI=1S/C32H33F2N7O4S/c1-16-22(40-7-9-43-10-8-40)5-6-41(16)30-37-12-18-19-14-44-15-20(19)23(25(34)26(18)38-30)27-24-17(11-35)29(39-31(42)45-32(2,3)4)46-28(24)21(33)13-36-27/h12-13,16,22H,5-10,14-15H2,1-4H3,(H,39,42)/t16-,22-/m0/s1. The van der Waals surface area contributed by atoms with E-state index in [9.17, 15) is 10.1 Å². The Balaban J connectivity index is 1.35. The van der Waals surface area contributed by atoms with E-state index in [-0.39, 0.29) is 56.7 Å². The summed E-state index contributed by atoms with van der Waals surface area (Å²) in [5.74, 6) is -0.931. The number of hydrogen-bond donors (Lipinski definition) is 1. The van der Waals surface area contributed by atoms with Crippen molar-refractivity contribution in [1.29, 1.82) is 5.26 Å². The lowest BCUT2D eigenvalue weighted by Gasteiger charge is -2.35. The Morgan fingerprint density at radius 3 is 2.63 bits per heavy atom. The first kappa shape index (κ1) is 30.6. The molecule has 6 heterocycles. The SMILES string of the molecule is C[C@H]1[C@@H](N2CCOCC2)CCN1c1ncc2c3c(c(-c4ncc(F)c5sc(NC(=O)OC(C)(C)C)c(C#N)c45)c(F)c2n1)COC3. The molecular formula is C32H33F2N7O4S. The van der Waals surface area contributed by atoms with Crippen LogP contribution in [0, 0.1) is 23.0 Å². The second-order valence-electron chi connectivity index (χ2n) is 12.7. The minimum absolute atomic E-state index is 0.0385. The van der Waals surface area contributed by atoms with Gasteiger partial charge in [0.1, 0.15) is 22.2 Å². The summed E-state index contributed by atoms with van der Waals surface area (Å²) in [7, 11) is 0. The van der Waals surface area contributed by atoms with Gasteiger partial charge in [0.15, 0.2) is 11.6 Å². The predicted molar refractivity (Wildman–Crippen MR) is 169 cm³/mol. The number of carbonyl (C=O) groups is 1. The van der Waals surface area contributed by atoms with Gasteiger partial charge in [-0.25, -0.2) is 23.5 Å². The van der Waals surface area contributed by atoms with Crippen molar-refractivity contribution >= 4 is 49.4 Å². The van der Waals surface area contributed by atoms with Crippen LogP contribution in [0.4, 0.5) is 24.5 Å². The highest BCUT2D eigenvalue weighted by atomic mass is 32.1. The summed E-state index contributed by atoms with van der Waals surface area (Å²) < 4.78 is 48.9. The molecule has 240 valence electrons. The van der Waals surface area contributed by atoms with E-state index in [1.165, 1.54) is 0 Å². The number of aromatic nitrogens is 3. The number of fused-ring (bicyclic) bond motifs is 4. The fourth-order valence-electron chi connectivity index (χ4n) is 6.74. The van der Waals surface area contributed by atoms with Crippen LogP contribution in [0.15, 0.2) is 12.4 Å². The number of hydrogen-bond acceptors (Lipinski definition) is 11. The first-order chi connectivity index (χ1) is 22.1. The maximum atomic E-state index is 16.9. The number of ether oxygens (including phenoxy) is 3. The largest absolute Gasteiger partial charge is 0.444 e. The van der Waals surface area contributed by atoms with Crippen LogP contribution in [0.2, 0.25) is 0 Å². The summed E-state index contributed by atoms with van der Waals surface area (Å²) in [5, 5.41) is 13.5. The van der Waals surface area contributed by atoms with E-state index in [0.717, 1.165) is 49.2 Å². The van der Waals surface area contributed by atoms with Gasteiger partial charge in [-0.2, -0.15) is 5.26 Å². The van der Waals surface area contributed by atoms with E-state index in [1.54, 1.807) is 27.0 Å². The average Bonchev–Trinajstić information content (AvgIpc) is 3.75. The zero-order chi connectivity index (χ0) is 32.3. The van der Waals surface area contributed by atoms with Crippen LogP contribution in [0.1, 0.15) is 50.8 Å². The van der Waals surface area contributed by atoms with Crippen molar-refractivity contribution in [2.75, 3.05) is 43.1 Å². The molecule has 0 spiro atoms. The molecule has 46 heavy (non-hydrogen) atoms. The van der Waals surface area contributed by atoms with E-state index in [4.69, 9.17) is 19.2 Å². The lowest BCUT2D eigenvalue weighted by molar-refractivity contribution is 0.0159. The van der Waals surface area contributed by atoms with E-state index in [0.29, 0.717) is 36.2 Å². The van der Waals surface area contributed by atoms with Gasteiger partial charge in [0.2, 0.25) is 5.95 Å². The van der Waals surface area contributed by atoms with Crippen molar-refractivity contribution in [3.05, 3.63) is 40.7 Å². The summed E-state index contributed by atoms with van der Waals surface area (Å²) in [6.07, 6.45) is 2.78. The number of halogens is 2. The van der Waals surface area contributed by atoms with Gasteiger partial charge >= 0.3 is 6.09 Å². The molecule has 2 fully saturated rings. The van der Waals surface area contributed by atoms with Crippen LogP contribution in [0.25, 0.3) is 32.2 Å². The maximum Gasteiger partial charge on any atom is 0.412 e. The number of rotatable bonds is 4. The van der Waals surface area contributed by atoms with E-state index < -0.39 is 23.3 Å². The fraction of sp³-hybridized carbons (Fsp3) is 0.469. The summed E-state index contributed by atoms with van der Waals surface area (Å²) in [5.41, 5.74) is 0.698. The van der Waals surface area contributed by atoms with Gasteiger partial charge in [-0.1, -0.05) is 0 Å². The Morgan fingerprint density at radius 1 is 1.13 bits per heavy atom. The Morgan fingerprint density at radius 2 is 1.89 bits per heavy atom. The van der Waals surface area contributed by atoms with Crippen molar-refractivity contribution < 1.29 is 27.8 Å². The highest BCUT2D eigenvalue weighted by Gasteiger charge is 2.37. The van der Waals surface area contributed by atoms with Crippen molar-refractivity contribution in [3.8, 4) is 17.3 Å². The molecule has 2 saturated heterocycles. The molecule has 3 aliphatic heterocycles. The third-order valence-electron chi connectivity index (χ3n) is 8.81. The first-order valence-corrected chi connectivity index (χ1v) is 16.0. The second-order valence-corrected chi connectivity index (χ2v) is 13.7. The number of benzene rings is 1. The molecule has 11 nitrogen and oxygen atoms in total. The molecule has 0 aliphatic carbocycles. The molecule has 1 amide bonds. The number of nitrogens with zero attached hydrogens (tertiary/aromatic N) is 6. The van der Waals surface area contributed by atoms with Crippen molar-refractivity contribution in [2.24, 2.45) is 0 Å². The van der Waals surface area contributed by atoms with Crippen LogP contribution >= 0.6 is 11.3 Å². The zero-order valence-corrected chi connectivity index (χ0v) is 26.8. The van der Waals surface area contributed by atoms with Gasteiger partial charge < -0.3 is 19.1 Å². The molecule has 3 aliphatic rings. The molecule has 0 unspecified atom stereocenters. The minimum atomic E-state index is -0.798. The number of thiophene rings is 1. The topological polar surface area (TPSA) is 126 Å². The predicted octanol–water partition coefficient (Wildman–Crippen LogP) is 5.73. The molecule has 4 aromatic rings. The second kappa shape index (κ2) is 11.6. The van der Waals surface area contributed by atoms with Crippen LogP contribution in [-0.2, 0) is 27.4 Å². The Bertz CT molecular complexity index is 1920. The third kappa shape index (κ3) is 5.21. The molecule has 7 rings (SSSR count). The monoisotopic (exact) mass is 649 g/mol. The van der Waals surface area contributed by atoms with Gasteiger partial charge in [-0.3, -0.25) is 15.2 Å². The van der Waals surface area contributed by atoms with Crippen molar-refractivity contribution in [1.82, 2.24) is 19.9 Å². The number of amides is 1. The van der Waals surface area contributed by atoms with Crippen LogP contribution < -0.4 is 10.2 Å². The molecule has 0 saturated carbocycles. The minimum Gasteiger partial charge on any atom is -0.444 e. The molecule has 1 aromatic carbocycles. The molecule has 2 atom stereocenters. The normalized spacial score (nSPS) is 20.3. The third-order valence-corrected chi connectivity index (χ3v) is 9.92. The number of morpholine rings is 1. The molecule has 14 heteroatoms. The van der Waals surface area contributed by atoms with E-state index in [1.807, 2.05) is 0 Å². The van der Waals surface area contributed by atoms with Gasteiger partial charge in [0.25, 0.3) is 0 Å². The quantitative estimate of drug-likeness (QED) is 0.293. The highest BCUT2D eigenvalue weighted by molar-refractivity contribution is 7.23. The number of nitriles is 1. The van der Waals surface area contributed by atoms with Gasteiger partial charge in [0, 0.05) is 54.3 Å². The Kier molecular flexibility index (Phi) is 7.75. The molecule has 3 aromatic heterocycles. The van der Waals surface area contributed by atoms with Crippen LogP contribution in [-0.4, -0.2) is 76.5 Å². The lowest BCUT2D eigenvalue weighted by Crippen LogP contribution is -2.48. The van der Waals surface area contributed by atoms with Crippen LogP contribution in [0.5, 0.6) is 0 Å². The van der Waals surface area contributed by atoms with E-state index >= 15 is 8.78 Å². The summed E-state index contributed by atoms with van der Waals surface area (Å²) >= 11 is 0.865. The summed E-state index contributed by atoms with van der Waals surface area (Å²) in [6, 6.07) is 2.48. The lowest BCUT2D eigenvalue weighted by atomic mass is 9.94. The molecular weight excluding hydrogens is 616 g/mol. The number of pyridine rings is 1. The summed E-state index contributed by atoms with van der Waals surface area (Å²) in [6.45, 7) is 11.4.